The second-order valence-electron chi connectivity index (χ2n) is 4.48. The van der Waals surface area contributed by atoms with Crippen LogP contribution in [0.4, 0.5) is 0 Å². The zero-order chi connectivity index (χ0) is 14.4. The third-order valence-electron chi connectivity index (χ3n) is 2.87. The third kappa shape index (κ3) is 3.71. The lowest BCUT2D eigenvalue weighted by Gasteiger charge is -2.10. The van der Waals surface area contributed by atoms with Gasteiger partial charge in [0.05, 0.1) is 5.02 Å². The summed E-state index contributed by atoms with van der Waals surface area (Å²) < 4.78 is 7.58. The molecule has 0 fully saturated rings. The highest BCUT2D eigenvalue weighted by Crippen LogP contribution is 2.26. The van der Waals surface area contributed by atoms with Crippen molar-refractivity contribution in [2.45, 2.75) is 33.0 Å². The van der Waals surface area contributed by atoms with Gasteiger partial charge in [0.15, 0.2) is 5.82 Å². The number of nitrogens with zero attached hydrogens (tertiary/aromatic N) is 3. The van der Waals surface area contributed by atoms with E-state index in [1.165, 1.54) is 0 Å². The first-order valence-corrected chi connectivity index (χ1v) is 7.05. The molecule has 1 aromatic heterocycles. The van der Waals surface area contributed by atoms with Gasteiger partial charge >= 0.3 is 0 Å². The Hall–Kier alpha value is -1.59. The number of hydrogen-bond donors (Lipinski definition) is 1. The molecule has 0 radical (unpaired) electrons. The fourth-order valence-corrected chi connectivity index (χ4v) is 2.17. The van der Waals surface area contributed by atoms with Crippen molar-refractivity contribution in [2.24, 2.45) is 0 Å². The molecule has 0 aliphatic rings. The van der Waals surface area contributed by atoms with Crippen LogP contribution in [0.1, 0.15) is 24.7 Å². The average Bonchev–Trinajstić information content (AvgIpc) is 2.86. The van der Waals surface area contributed by atoms with Gasteiger partial charge in [-0.2, -0.15) is 5.10 Å². The van der Waals surface area contributed by atoms with Crippen LogP contribution < -0.4 is 10.1 Å². The maximum absolute atomic E-state index is 6.21. The molecule has 1 heterocycles. The number of hydrogen-bond acceptors (Lipinski definition) is 4. The van der Waals surface area contributed by atoms with Gasteiger partial charge in [0.1, 0.15) is 18.7 Å². The predicted octanol–water partition coefficient (Wildman–Crippen LogP) is 2.64. The molecule has 1 N–H and O–H groups in total. The van der Waals surface area contributed by atoms with Gasteiger partial charge in [0.25, 0.3) is 0 Å². The summed E-state index contributed by atoms with van der Waals surface area (Å²) in [4.78, 5) is 4.20. The molecular weight excluding hydrogens is 276 g/mol. The Balaban J connectivity index is 2.01. The van der Waals surface area contributed by atoms with Crippen LogP contribution in [-0.4, -0.2) is 21.8 Å². The van der Waals surface area contributed by atoms with E-state index in [4.69, 9.17) is 16.3 Å². The van der Waals surface area contributed by atoms with E-state index in [1.54, 1.807) is 6.33 Å². The minimum Gasteiger partial charge on any atom is -0.484 e. The minimum atomic E-state index is 0.366. The van der Waals surface area contributed by atoms with Crippen LogP contribution in [-0.2, 0) is 19.7 Å². The van der Waals surface area contributed by atoms with Crippen molar-refractivity contribution in [2.75, 3.05) is 7.05 Å². The molecule has 2 rings (SSSR count). The minimum absolute atomic E-state index is 0.366. The first kappa shape index (κ1) is 14.8. The molecule has 5 nitrogen and oxygen atoms in total. The molecule has 0 saturated heterocycles. The summed E-state index contributed by atoms with van der Waals surface area (Å²) in [5.41, 5.74) is 1.12. The standard InChI is InChI=1S/C14H19ClN4O/c1-3-6-19-14(17-10-18-19)9-20-13-5-4-11(8-16-2)7-12(13)15/h4-5,7,10,16H,3,6,8-9H2,1-2H3. The Kier molecular flexibility index (Phi) is 5.38. The van der Waals surface area contributed by atoms with E-state index in [-0.39, 0.29) is 0 Å². The number of nitrogens with one attached hydrogen (secondary N) is 1. The van der Waals surface area contributed by atoms with Crippen LogP contribution in [0.15, 0.2) is 24.5 Å². The fraction of sp³-hybridized carbons (Fsp3) is 0.429. The molecule has 0 saturated carbocycles. The zero-order valence-electron chi connectivity index (χ0n) is 11.8. The second kappa shape index (κ2) is 7.26. The SMILES string of the molecule is CCCn1ncnc1COc1ccc(CNC)cc1Cl. The smallest absolute Gasteiger partial charge is 0.164 e. The average molecular weight is 295 g/mol. The normalized spacial score (nSPS) is 10.8. The summed E-state index contributed by atoms with van der Waals surface area (Å²) in [5, 5.41) is 7.86. The molecule has 1 aromatic carbocycles. The first-order chi connectivity index (χ1) is 9.74. The number of aryl methyl sites for hydroxylation is 1. The van der Waals surface area contributed by atoms with Crippen molar-refractivity contribution in [3.05, 3.63) is 40.9 Å². The lowest BCUT2D eigenvalue weighted by molar-refractivity contribution is 0.286. The maximum Gasteiger partial charge on any atom is 0.164 e. The largest absolute Gasteiger partial charge is 0.484 e. The van der Waals surface area contributed by atoms with Gasteiger partial charge in [-0.05, 0) is 31.2 Å². The Morgan fingerprint density at radius 3 is 2.95 bits per heavy atom. The van der Waals surface area contributed by atoms with Crippen molar-refractivity contribution >= 4 is 11.6 Å². The van der Waals surface area contributed by atoms with E-state index >= 15 is 0 Å². The Morgan fingerprint density at radius 1 is 1.40 bits per heavy atom. The fourth-order valence-electron chi connectivity index (χ4n) is 1.92. The highest BCUT2D eigenvalue weighted by atomic mass is 35.5. The molecule has 20 heavy (non-hydrogen) atoms. The zero-order valence-corrected chi connectivity index (χ0v) is 12.5. The predicted molar refractivity (Wildman–Crippen MR) is 78.9 cm³/mol. The Labute approximate surface area is 123 Å². The Bertz CT molecular complexity index is 556. The summed E-state index contributed by atoms with van der Waals surface area (Å²) in [6.45, 7) is 4.09. The summed E-state index contributed by atoms with van der Waals surface area (Å²) in [6, 6.07) is 5.79. The van der Waals surface area contributed by atoms with Gasteiger partial charge in [-0.25, -0.2) is 9.67 Å². The van der Waals surface area contributed by atoms with Gasteiger partial charge in [0.2, 0.25) is 0 Å². The maximum atomic E-state index is 6.21. The van der Waals surface area contributed by atoms with Crippen LogP contribution in [0.25, 0.3) is 0 Å². The summed E-state index contributed by atoms with van der Waals surface area (Å²) in [7, 11) is 1.90. The lowest BCUT2D eigenvalue weighted by Crippen LogP contribution is -2.09. The topological polar surface area (TPSA) is 52.0 Å². The van der Waals surface area contributed by atoms with E-state index in [9.17, 15) is 0 Å². The van der Waals surface area contributed by atoms with Gasteiger partial charge in [-0.15, -0.1) is 0 Å². The van der Waals surface area contributed by atoms with Gasteiger partial charge in [-0.1, -0.05) is 24.6 Å². The van der Waals surface area contributed by atoms with Crippen molar-refractivity contribution < 1.29 is 4.74 Å². The first-order valence-electron chi connectivity index (χ1n) is 6.67. The van der Waals surface area contributed by atoms with E-state index in [2.05, 4.69) is 22.3 Å². The van der Waals surface area contributed by atoms with Gasteiger partial charge in [0, 0.05) is 13.1 Å². The molecule has 6 heteroatoms. The second-order valence-corrected chi connectivity index (χ2v) is 4.89. The highest BCUT2D eigenvalue weighted by Gasteiger charge is 2.07. The molecule has 0 spiro atoms. The summed E-state index contributed by atoms with van der Waals surface area (Å²) in [5.74, 6) is 1.47. The van der Waals surface area contributed by atoms with E-state index in [0.717, 1.165) is 30.9 Å². The van der Waals surface area contributed by atoms with E-state index < -0.39 is 0 Å². The van der Waals surface area contributed by atoms with Crippen molar-refractivity contribution in [1.29, 1.82) is 0 Å². The van der Waals surface area contributed by atoms with E-state index in [0.29, 0.717) is 17.4 Å². The molecular formula is C14H19ClN4O. The third-order valence-corrected chi connectivity index (χ3v) is 3.16. The number of rotatable bonds is 7. The van der Waals surface area contributed by atoms with E-state index in [1.807, 2.05) is 29.9 Å². The molecule has 0 atom stereocenters. The molecule has 108 valence electrons. The van der Waals surface area contributed by atoms with Crippen molar-refractivity contribution in [3.63, 3.8) is 0 Å². The monoisotopic (exact) mass is 294 g/mol. The van der Waals surface area contributed by atoms with Gasteiger partial charge < -0.3 is 10.1 Å². The highest BCUT2D eigenvalue weighted by molar-refractivity contribution is 6.32. The molecule has 0 aliphatic carbocycles. The van der Waals surface area contributed by atoms with Gasteiger partial charge in [-0.3, -0.25) is 0 Å². The molecule has 0 amide bonds. The van der Waals surface area contributed by atoms with Crippen molar-refractivity contribution in [1.82, 2.24) is 20.1 Å². The van der Waals surface area contributed by atoms with Crippen LogP contribution in [0.5, 0.6) is 5.75 Å². The quantitative estimate of drug-likeness (QED) is 0.853. The molecule has 0 aliphatic heterocycles. The number of aromatic nitrogens is 3. The summed E-state index contributed by atoms with van der Waals surface area (Å²) in [6.07, 6.45) is 2.56. The number of ether oxygens (including phenoxy) is 1. The summed E-state index contributed by atoms with van der Waals surface area (Å²) >= 11 is 6.21. The Morgan fingerprint density at radius 2 is 2.25 bits per heavy atom. The van der Waals surface area contributed by atoms with Crippen LogP contribution in [0.3, 0.4) is 0 Å². The lowest BCUT2D eigenvalue weighted by atomic mass is 10.2. The molecule has 0 unspecified atom stereocenters. The number of halogens is 1. The van der Waals surface area contributed by atoms with Crippen molar-refractivity contribution in [3.8, 4) is 5.75 Å². The van der Waals surface area contributed by atoms with Crippen LogP contribution >= 0.6 is 11.6 Å². The van der Waals surface area contributed by atoms with Crippen LogP contribution in [0.2, 0.25) is 5.02 Å². The molecule has 0 bridgehead atoms. The molecule has 2 aromatic rings. The number of benzene rings is 1. The van der Waals surface area contributed by atoms with Crippen LogP contribution in [0, 0.1) is 0 Å².